The summed E-state index contributed by atoms with van der Waals surface area (Å²) in [5, 5.41) is 0. The fourth-order valence-corrected chi connectivity index (χ4v) is 1.49. The maximum Gasteiger partial charge on any atom is 0.123 e. The van der Waals surface area contributed by atoms with Gasteiger partial charge in [-0.25, -0.2) is 4.39 Å². The van der Waals surface area contributed by atoms with Gasteiger partial charge in [0.1, 0.15) is 5.82 Å². The van der Waals surface area contributed by atoms with Gasteiger partial charge in [0.2, 0.25) is 0 Å². The third-order valence-electron chi connectivity index (χ3n) is 1.90. The van der Waals surface area contributed by atoms with Crippen molar-refractivity contribution < 1.29 is 4.39 Å². The lowest BCUT2D eigenvalue weighted by Gasteiger charge is -2.02. The zero-order chi connectivity index (χ0) is 11.3. The summed E-state index contributed by atoms with van der Waals surface area (Å²) in [5.41, 5.74) is 7.37. The summed E-state index contributed by atoms with van der Waals surface area (Å²) in [5.74, 6) is -0.231. The molecule has 0 radical (unpaired) electrons. The molecular weight excluding hydrogens is 257 g/mol. The second kappa shape index (κ2) is 5.71. The Morgan fingerprint density at radius 1 is 1.53 bits per heavy atom. The number of nitrogens with two attached hydrogens (primary N) is 1. The molecule has 0 fully saturated rings. The van der Waals surface area contributed by atoms with E-state index in [1.807, 2.05) is 25.1 Å². The molecule has 15 heavy (non-hydrogen) atoms. The molecule has 0 atom stereocenters. The van der Waals surface area contributed by atoms with Crippen molar-refractivity contribution in [1.29, 1.82) is 0 Å². The molecule has 0 unspecified atom stereocenters. The molecule has 0 aromatic heterocycles. The van der Waals surface area contributed by atoms with Crippen molar-refractivity contribution >= 4 is 15.9 Å². The van der Waals surface area contributed by atoms with E-state index in [0.29, 0.717) is 12.1 Å². The molecular formula is C12H13BrFN. The van der Waals surface area contributed by atoms with Gasteiger partial charge in [-0.15, -0.1) is 0 Å². The van der Waals surface area contributed by atoms with Crippen LogP contribution >= 0.6 is 15.9 Å². The first-order valence-electron chi connectivity index (χ1n) is 4.64. The van der Waals surface area contributed by atoms with E-state index in [2.05, 4.69) is 15.9 Å². The highest BCUT2D eigenvalue weighted by molar-refractivity contribution is 9.11. The molecule has 0 heterocycles. The largest absolute Gasteiger partial charge is 0.402 e. The molecule has 0 aliphatic rings. The SMILES string of the molecule is C/C=C(Br)\C=C(/N)Cc1cccc(F)c1. The van der Waals surface area contributed by atoms with Crippen LogP contribution in [0.15, 0.2) is 46.6 Å². The van der Waals surface area contributed by atoms with Gasteiger partial charge in [0.25, 0.3) is 0 Å². The lowest BCUT2D eigenvalue weighted by Crippen LogP contribution is -2.01. The molecule has 0 amide bonds. The average molecular weight is 270 g/mol. The predicted molar refractivity (Wildman–Crippen MR) is 65.1 cm³/mol. The van der Waals surface area contributed by atoms with E-state index < -0.39 is 0 Å². The van der Waals surface area contributed by atoms with Crippen molar-refractivity contribution in [1.82, 2.24) is 0 Å². The highest BCUT2D eigenvalue weighted by Gasteiger charge is 1.97. The van der Waals surface area contributed by atoms with Crippen LogP contribution in [0.25, 0.3) is 0 Å². The van der Waals surface area contributed by atoms with E-state index >= 15 is 0 Å². The van der Waals surface area contributed by atoms with Gasteiger partial charge in [0, 0.05) is 16.6 Å². The number of halogens is 2. The predicted octanol–water partition coefficient (Wildman–Crippen LogP) is 3.51. The van der Waals surface area contributed by atoms with Crippen LogP contribution in [0.1, 0.15) is 12.5 Å². The van der Waals surface area contributed by atoms with Gasteiger partial charge in [0.15, 0.2) is 0 Å². The molecule has 3 heteroatoms. The summed E-state index contributed by atoms with van der Waals surface area (Å²) in [6.45, 7) is 1.91. The number of hydrogen-bond acceptors (Lipinski definition) is 1. The lowest BCUT2D eigenvalue weighted by molar-refractivity contribution is 0.626. The highest BCUT2D eigenvalue weighted by Crippen LogP contribution is 2.11. The minimum absolute atomic E-state index is 0.231. The van der Waals surface area contributed by atoms with Gasteiger partial charge >= 0.3 is 0 Å². The van der Waals surface area contributed by atoms with E-state index in [9.17, 15) is 4.39 Å². The van der Waals surface area contributed by atoms with Gasteiger partial charge in [-0.3, -0.25) is 0 Å². The van der Waals surface area contributed by atoms with E-state index in [1.54, 1.807) is 6.07 Å². The average Bonchev–Trinajstić information content (AvgIpc) is 2.17. The zero-order valence-corrected chi connectivity index (χ0v) is 10.1. The second-order valence-corrected chi connectivity index (χ2v) is 4.12. The molecule has 0 spiro atoms. The second-order valence-electron chi connectivity index (χ2n) is 3.20. The first-order chi connectivity index (χ1) is 7.11. The van der Waals surface area contributed by atoms with E-state index in [4.69, 9.17) is 5.73 Å². The molecule has 1 aromatic rings. The summed E-state index contributed by atoms with van der Waals surface area (Å²) in [7, 11) is 0. The Bertz CT molecular complexity index is 396. The summed E-state index contributed by atoms with van der Waals surface area (Å²) >= 11 is 3.34. The minimum Gasteiger partial charge on any atom is -0.402 e. The van der Waals surface area contributed by atoms with Gasteiger partial charge in [-0.1, -0.05) is 34.1 Å². The molecule has 0 saturated carbocycles. The summed E-state index contributed by atoms with van der Waals surface area (Å²) in [6, 6.07) is 6.45. The minimum atomic E-state index is -0.231. The summed E-state index contributed by atoms with van der Waals surface area (Å²) in [6.07, 6.45) is 4.28. The molecule has 0 saturated heterocycles. The third kappa shape index (κ3) is 4.30. The summed E-state index contributed by atoms with van der Waals surface area (Å²) < 4.78 is 13.8. The normalized spacial score (nSPS) is 13.0. The van der Waals surface area contributed by atoms with Crippen LogP contribution in [0.4, 0.5) is 4.39 Å². The maximum absolute atomic E-state index is 12.9. The van der Waals surface area contributed by atoms with Crippen LogP contribution in [-0.4, -0.2) is 0 Å². The van der Waals surface area contributed by atoms with Gasteiger partial charge in [-0.2, -0.15) is 0 Å². The Balaban J connectivity index is 2.74. The molecule has 0 aliphatic heterocycles. The molecule has 2 N–H and O–H groups in total. The van der Waals surface area contributed by atoms with Gasteiger partial charge in [0.05, 0.1) is 0 Å². The fraction of sp³-hybridized carbons (Fsp3) is 0.167. The van der Waals surface area contributed by atoms with Crippen LogP contribution in [0.2, 0.25) is 0 Å². The van der Waals surface area contributed by atoms with Gasteiger partial charge < -0.3 is 5.73 Å². The van der Waals surface area contributed by atoms with Crippen LogP contribution in [0.5, 0.6) is 0 Å². The van der Waals surface area contributed by atoms with Crippen molar-refractivity contribution in [2.75, 3.05) is 0 Å². The topological polar surface area (TPSA) is 26.0 Å². The Morgan fingerprint density at radius 3 is 2.87 bits per heavy atom. The number of allylic oxidation sites excluding steroid dienone is 4. The number of benzene rings is 1. The van der Waals surface area contributed by atoms with Crippen molar-refractivity contribution in [2.45, 2.75) is 13.3 Å². The maximum atomic E-state index is 12.9. The van der Waals surface area contributed by atoms with Crippen molar-refractivity contribution in [3.63, 3.8) is 0 Å². The number of rotatable bonds is 3. The van der Waals surface area contributed by atoms with Crippen LogP contribution < -0.4 is 5.73 Å². The first kappa shape index (κ1) is 12.0. The zero-order valence-electron chi connectivity index (χ0n) is 8.50. The molecule has 1 aromatic carbocycles. The quantitative estimate of drug-likeness (QED) is 0.836. The van der Waals surface area contributed by atoms with Crippen LogP contribution in [-0.2, 0) is 6.42 Å². The van der Waals surface area contributed by atoms with E-state index in [-0.39, 0.29) is 5.82 Å². The molecule has 0 bridgehead atoms. The molecule has 1 nitrogen and oxygen atoms in total. The van der Waals surface area contributed by atoms with Crippen molar-refractivity contribution in [2.24, 2.45) is 5.73 Å². The molecule has 80 valence electrons. The number of hydrogen-bond donors (Lipinski definition) is 1. The standard InChI is InChI=1S/C12H13BrFN/c1-2-10(13)8-12(15)7-9-4-3-5-11(14)6-9/h2-6,8H,7,15H2,1H3/b10-2+,12-8-. The van der Waals surface area contributed by atoms with Crippen molar-refractivity contribution in [3.8, 4) is 0 Å². The smallest absolute Gasteiger partial charge is 0.123 e. The van der Waals surface area contributed by atoms with Gasteiger partial charge in [-0.05, 0) is 30.7 Å². The van der Waals surface area contributed by atoms with Crippen LogP contribution in [0, 0.1) is 5.82 Å². The van der Waals surface area contributed by atoms with Crippen LogP contribution in [0.3, 0.4) is 0 Å². The van der Waals surface area contributed by atoms with E-state index in [1.165, 1.54) is 12.1 Å². The third-order valence-corrected chi connectivity index (χ3v) is 2.58. The Morgan fingerprint density at radius 2 is 2.27 bits per heavy atom. The van der Waals surface area contributed by atoms with Crippen molar-refractivity contribution in [3.05, 3.63) is 58.0 Å². The highest BCUT2D eigenvalue weighted by atomic mass is 79.9. The first-order valence-corrected chi connectivity index (χ1v) is 5.43. The summed E-state index contributed by atoms with van der Waals surface area (Å²) in [4.78, 5) is 0. The van der Waals surface area contributed by atoms with E-state index in [0.717, 1.165) is 10.0 Å². The Labute approximate surface area is 97.6 Å². The monoisotopic (exact) mass is 269 g/mol. The fourth-order valence-electron chi connectivity index (χ4n) is 1.19. The molecule has 1 rings (SSSR count). The lowest BCUT2D eigenvalue weighted by atomic mass is 10.1. The molecule has 0 aliphatic carbocycles. The Kier molecular flexibility index (Phi) is 4.56. The Hall–Kier alpha value is -1.09.